The molecule has 0 saturated carbocycles. The van der Waals surface area contributed by atoms with Gasteiger partial charge >= 0.3 is 0 Å². The van der Waals surface area contributed by atoms with Gasteiger partial charge in [0.25, 0.3) is 5.56 Å². The second-order valence-corrected chi connectivity index (χ2v) is 8.68. The smallest absolute Gasteiger partial charge is 0.252 e. The predicted molar refractivity (Wildman–Crippen MR) is 138 cm³/mol. The molecule has 37 heavy (non-hydrogen) atoms. The number of H-pyrrole nitrogens is 1. The predicted octanol–water partition coefficient (Wildman–Crippen LogP) is 3.18. The van der Waals surface area contributed by atoms with Crippen molar-refractivity contribution < 1.29 is 9.47 Å². The molecular formula is C27H27N7O3. The van der Waals surface area contributed by atoms with Crippen molar-refractivity contribution in [3.05, 3.63) is 106 Å². The summed E-state index contributed by atoms with van der Waals surface area (Å²) in [6.45, 7) is 1.92. The fourth-order valence-corrected chi connectivity index (χ4v) is 4.20. The zero-order valence-corrected chi connectivity index (χ0v) is 20.7. The van der Waals surface area contributed by atoms with Crippen LogP contribution < -0.4 is 15.0 Å². The van der Waals surface area contributed by atoms with E-state index in [1.165, 1.54) is 0 Å². The third-order valence-electron chi connectivity index (χ3n) is 6.11. The second kappa shape index (κ2) is 11.0. The number of hydrogen-bond donors (Lipinski definition) is 1. The number of tetrazole rings is 1. The van der Waals surface area contributed by atoms with Gasteiger partial charge in [-0.25, -0.2) is 4.68 Å². The van der Waals surface area contributed by atoms with E-state index in [9.17, 15) is 4.79 Å². The van der Waals surface area contributed by atoms with E-state index < -0.39 is 0 Å². The molecule has 0 radical (unpaired) electrons. The molecule has 0 unspecified atom stereocenters. The van der Waals surface area contributed by atoms with Crippen molar-refractivity contribution >= 4 is 10.9 Å². The summed E-state index contributed by atoms with van der Waals surface area (Å²) in [5.74, 6) is 2.22. The number of nitrogens with zero attached hydrogens (tertiary/aromatic N) is 6. The maximum absolute atomic E-state index is 13.0. The molecule has 3 heterocycles. The van der Waals surface area contributed by atoms with Crippen LogP contribution in [0.25, 0.3) is 10.9 Å². The Morgan fingerprint density at radius 2 is 1.73 bits per heavy atom. The number of aromatic nitrogens is 6. The third-order valence-corrected chi connectivity index (χ3v) is 6.11. The zero-order valence-electron chi connectivity index (χ0n) is 20.7. The van der Waals surface area contributed by atoms with E-state index in [0.717, 1.165) is 33.5 Å². The average molecular weight is 498 g/mol. The lowest BCUT2D eigenvalue weighted by molar-refractivity contribution is 0.235. The molecule has 0 saturated heterocycles. The molecule has 0 fully saturated rings. The number of rotatable bonds is 10. The second-order valence-electron chi connectivity index (χ2n) is 8.68. The van der Waals surface area contributed by atoms with E-state index in [1.807, 2.05) is 66.9 Å². The molecule has 2 aromatic carbocycles. The van der Waals surface area contributed by atoms with E-state index in [1.54, 1.807) is 25.1 Å². The number of benzene rings is 2. The molecule has 1 N–H and O–H groups in total. The Bertz CT molecular complexity index is 1530. The Hall–Kier alpha value is -4.57. The van der Waals surface area contributed by atoms with Gasteiger partial charge in [0, 0.05) is 41.9 Å². The summed E-state index contributed by atoms with van der Waals surface area (Å²) < 4.78 is 12.4. The zero-order chi connectivity index (χ0) is 25.6. The first-order valence-electron chi connectivity index (χ1n) is 11.8. The van der Waals surface area contributed by atoms with Crippen LogP contribution in [0.5, 0.6) is 11.5 Å². The highest BCUT2D eigenvalue weighted by Crippen LogP contribution is 2.20. The van der Waals surface area contributed by atoms with Crippen molar-refractivity contribution in [1.29, 1.82) is 0 Å². The molecule has 188 valence electrons. The van der Waals surface area contributed by atoms with Gasteiger partial charge < -0.3 is 14.5 Å². The van der Waals surface area contributed by atoms with E-state index in [-0.39, 0.29) is 5.56 Å². The Kier molecular flexibility index (Phi) is 7.18. The first-order chi connectivity index (χ1) is 18.1. The number of aromatic amines is 1. The maximum atomic E-state index is 13.0. The van der Waals surface area contributed by atoms with Crippen LogP contribution >= 0.6 is 0 Å². The number of pyridine rings is 2. The topological polar surface area (TPSA) is 111 Å². The number of fused-ring (bicyclic) bond motifs is 1. The van der Waals surface area contributed by atoms with Crippen molar-refractivity contribution in [3.63, 3.8) is 0 Å². The van der Waals surface area contributed by atoms with Crippen molar-refractivity contribution in [2.24, 2.45) is 0 Å². The quantitative estimate of drug-likeness (QED) is 0.313. The van der Waals surface area contributed by atoms with Crippen molar-refractivity contribution in [3.8, 4) is 11.5 Å². The normalized spacial score (nSPS) is 11.2. The van der Waals surface area contributed by atoms with Gasteiger partial charge in [-0.1, -0.05) is 18.2 Å². The summed E-state index contributed by atoms with van der Waals surface area (Å²) in [6, 6.07) is 19.2. The van der Waals surface area contributed by atoms with Crippen LogP contribution in [-0.2, 0) is 26.2 Å². The molecular weight excluding hydrogens is 470 g/mol. The third kappa shape index (κ3) is 5.81. The van der Waals surface area contributed by atoms with Gasteiger partial charge in [0.15, 0.2) is 5.82 Å². The SMILES string of the molecule is COc1ccc(Cn2nnnc2CN(Cc2cccnc2)Cc2cc3cc(OC)ccc3[nH]c2=O)cc1. The molecule has 10 nitrogen and oxygen atoms in total. The van der Waals surface area contributed by atoms with Gasteiger partial charge in [-0.15, -0.1) is 5.10 Å². The molecule has 0 spiro atoms. The lowest BCUT2D eigenvalue weighted by atomic mass is 10.1. The van der Waals surface area contributed by atoms with Crippen molar-refractivity contribution in [2.45, 2.75) is 26.2 Å². The van der Waals surface area contributed by atoms with Crippen molar-refractivity contribution in [2.75, 3.05) is 14.2 Å². The largest absolute Gasteiger partial charge is 0.497 e. The lowest BCUT2D eigenvalue weighted by Gasteiger charge is -2.22. The number of hydrogen-bond acceptors (Lipinski definition) is 8. The monoisotopic (exact) mass is 497 g/mol. The molecule has 3 aromatic heterocycles. The van der Waals surface area contributed by atoms with Crippen molar-refractivity contribution in [1.82, 2.24) is 35.1 Å². The van der Waals surface area contributed by atoms with Crippen LogP contribution in [0.4, 0.5) is 0 Å². The highest BCUT2D eigenvalue weighted by atomic mass is 16.5. The highest BCUT2D eigenvalue weighted by Gasteiger charge is 2.16. The molecule has 5 aromatic rings. The molecule has 0 aliphatic carbocycles. The van der Waals surface area contributed by atoms with Crippen LogP contribution in [-0.4, -0.2) is 49.3 Å². The van der Waals surface area contributed by atoms with Gasteiger partial charge in [0.2, 0.25) is 0 Å². The van der Waals surface area contributed by atoms with Crippen LogP contribution in [0.1, 0.15) is 22.5 Å². The minimum atomic E-state index is -0.133. The number of ether oxygens (including phenoxy) is 2. The molecule has 0 atom stereocenters. The summed E-state index contributed by atoms with van der Waals surface area (Å²) in [5.41, 5.74) is 3.34. The van der Waals surface area contributed by atoms with Crippen LogP contribution in [0, 0.1) is 0 Å². The molecule has 0 aliphatic heterocycles. The summed E-state index contributed by atoms with van der Waals surface area (Å²) in [7, 11) is 3.27. The maximum Gasteiger partial charge on any atom is 0.252 e. The molecule has 0 aliphatic rings. The minimum Gasteiger partial charge on any atom is -0.497 e. The van der Waals surface area contributed by atoms with Gasteiger partial charge in [-0.05, 0) is 64.0 Å². The number of methoxy groups -OCH3 is 2. The summed E-state index contributed by atoms with van der Waals surface area (Å²) in [5, 5.41) is 13.3. The molecule has 10 heteroatoms. The Morgan fingerprint density at radius 3 is 2.49 bits per heavy atom. The minimum absolute atomic E-state index is 0.133. The first kappa shape index (κ1) is 24.1. The van der Waals surface area contributed by atoms with Gasteiger partial charge in [0.1, 0.15) is 11.5 Å². The highest BCUT2D eigenvalue weighted by molar-refractivity contribution is 5.80. The van der Waals surface area contributed by atoms with E-state index in [0.29, 0.717) is 37.6 Å². The summed E-state index contributed by atoms with van der Waals surface area (Å²) in [6.07, 6.45) is 3.56. The standard InChI is InChI=1S/C27H27N7O3/c1-36-23-7-5-19(6-8-23)16-34-26(30-31-32-34)18-33(15-20-4-3-11-28-14-20)17-22-12-21-13-24(37-2)9-10-25(21)29-27(22)35/h3-14H,15-18H2,1-2H3,(H,29,35). The van der Waals surface area contributed by atoms with Gasteiger partial charge in [-0.3, -0.25) is 14.7 Å². The Morgan fingerprint density at radius 1 is 0.919 bits per heavy atom. The fourth-order valence-electron chi connectivity index (χ4n) is 4.20. The van der Waals surface area contributed by atoms with Gasteiger partial charge in [-0.2, -0.15) is 0 Å². The Balaban J connectivity index is 1.42. The van der Waals surface area contributed by atoms with Crippen LogP contribution in [0.15, 0.2) is 77.9 Å². The summed E-state index contributed by atoms with van der Waals surface area (Å²) in [4.78, 5) is 22.3. The van der Waals surface area contributed by atoms with E-state index in [4.69, 9.17) is 9.47 Å². The first-order valence-corrected chi connectivity index (χ1v) is 11.8. The summed E-state index contributed by atoms with van der Waals surface area (Å²) >= 11 is 0. The molecule has 5 rings (SSSR count). The molecule has 0 bridgehead atoms. The average Bonchev–Trinajstić information content (AvgIpc) is 3.36. The fraction of sp³-hybridized carbons (Fsp3) is 0.222. The lowest BCUT2D eigenvalue weighted by Crippen LogP contribution is -2.28. The van der Waals surface area contributed by atoms with Gasteiger partial charge in [0.05, 0.1) is 27.3 Å². The number of nitrogens with one attached hydrogen (secondary N) is 1. The van der Waals surface area contributed by atoms with E-state index in [2.05, 4.69) is 30.4 Å². The Labute approximate surface area is 213 Å². The van der Waals surface area contributed by atoms with Crippen LogP contribution in [0.2, 0.25) is 0 Å². The molecule has 0 amide bonds. The van der Waals surface area contributed by atoms with Crippen LogP contribution in [0.3, 0.4) is 0 Å². The van der Waals surface area contributed by atoms with E-state index >= 15 is 0 Å².